The number of carbonyl (C=O) groups excluding carboxylic acids is 1. The lowest BCUT2D eigenvalue weighted by Crippen LogP contribution is -2.08. The summed E-state index contributed by atoms with van der Waals surface area (Å²) < 4.78 is 37.7. The molecule has 0 unspecified atom stereocenters. The molecule has 0 fully saturated rings. The molecule has 1 aromatic carbocycles. The van der Waals surface area contributed by atoms with E-state index in [9.17, 15) is 18.0 Å². The highest BCUT2D eigenvalue weighted by atomic mass is 19.4. The predicted molar refractivity (Wildman–Crippen MR) is 55.2 cm³/mol. The fourth-order valence-corrected chi connectivity index (χ4v) is 1.45. The fraction of sp³-hybridized carbons (Fsp3) is 0.417. The number of ketones is 1. The first-order chi connectivity index (χ1) is 7.30. The number of rotatable bonds is 3. The van der Waals surface area contributed by atoms with Crippen LogP contribution in [0.3, 0.4) is 0 Å². The molecule has 4 heteroatoms. The molecule has 1 aromatic rings. The zero-order chi connectivity index (χ0) is 12.3. The van der Waals surface area contributed by atoms with Crippen LogP contribution in [0.1, 0.15) is 30.0 Å². The van der Waals surface area contributed by atoms with E-state index in [4.69, 9.17) is 0 Å². The third-order valence-electron chi connectivity index (χ3n) is 2.37. The predicted octanol–water partition coefficient (Wildman–Crippen LogP) is 3.54. The van der Waals surface area contributed by atoms with Gasteiger partial charge in [0.1, 0.15) is 5.78 Å². The Labute approximate surface area is 92.3 Å². The van der Waals surface area contributed by atoms with Crippen molar-refractivity contribution < 1.29 is 18.0 Å². The topological polar surface area (TPSA) is 17.1 Å². The third-order valence-corrected chi connectivity index (χ3v) is 2.37. The van der Waals surface area contributed by atoms with Gasteiger partial charge in [-0.1, -0.05) is 12.1 Å². The molecule has 0 radical (unpaired) electrons. The first-order valence-corrected chi connectivity index (χ1v) is 4.97. The molecule has 0 aromatic heterocycles. The Hall–Kier alpha value is -1.32. The smallest absolute Gasteiger partial charge is 0.300 e. The standard InChI is InChI=1S/C12H13F3O/c1-8-3-5-10(6-4-9(2)16)7-11(8)12(13,14)15/h3,5,7H,4,6H2,1-2H3. The van der Waals surface area contributed by atoms with Crippen LogP contribution in [-0.4, -0.2) is 5.78 Å². The van der Waals surface area contributed by atoms with Gasteiger partial charge in [-0.05, 0) is 37.5 Å². The van der Waals surface area contributed by atoms with E-state index >= 15 is 0 Å². The summed E-state index contributed by atoms with van der Waals surface area (Å²) in [7, 11) is 0. The van der Waals surface area contributed by atoms with Crippen molar-refractivity contribution >= 4 is 5.78 Å². The second-order valence-electron chi connectivity index (χ2n) is 3.85. The summed E-state index contributed by atoms with van der Waals surface area (Å²) >= 11 is 0. The second kappa shape index (κ2) is 4.68. The Morgan fingerprint density at radius 2 is 1.94 bits per heavy atom. The minimum Gasteiger partial charge on any atom is -0.300 e. The number of alkyl halides is 3. The lowest BCUT2D eigenvalue weighted by atomic mass is 10.0. The zero-order valence-electron chi connectivity index (χ0n) is 9.19. The van der Waals surface area contributed by atoms with E-state index in [0.29, 0.717) is 12.0 Å². The zero-order valence-corrected chi connectivity index (χ0v) is 9.19. The monoisotopic (exact) mass is 230 g/mol. The summed E-state index contributed by atoms with van der Waals surface area (Å²) in [6.45, 7) is 2.86. The van der Waals surface area contributed by atoms with Gasteiger partial charge in [-0.3, -0.25) is 0 Å². The van der Waals surface area contributed by atoms with E-state index in [1.54, 1.807) is 6.07 Å². The Balaban J connectivity index is 2.94. The van der Waals surface area contributed by atoms with Crippen LogP contribution in [0, 0.1) is 6.92 Å². The molecule has 0 saturated carbocycles. The van der Waals surface area contributed by atoms with Crippen molar-refractivity contribution in [2.24, 2.45) is 0 Å². The quantitative estimate of drug-likeness (QED) is 0.776. The summed E-state index contributed by atoms with van der Waals surface area (Å²) in [5.41, 5.74) is 0.140. The van der Waals surface area contributed by atoms with Gasteiger partial charge in [0.05, 0.1) is 5.56 Å². The number of halogens is 3. The van der Waals surface area contributed by atoms with Crippen LogP contribution in [0.4, 0.5) is 13.2 Å². The fourth-order valence-electron chi connectivity index (χ4n) is 1.45. The van der Waals surface area contributed by atoms with Gasteiger partial charge in [0.2, 0.25) is 0 Å². The van der Waals surface area contributed by atoms with Crippen molar-refractivity contribution in [3.05, 3.63) is 34.9 Å². The van der Waals surface area contributed by atoms with Crippen molar-refractivity contribution in [1.82, 2.24) is 0 Å². The van der Waals surface area contributed by atoms with Gasteiger partial charge in [-0.15, -0.1) is 0 Å². The highest BCUT2D eigenvalue weighted by molar-refractivity contribution is 5.75. The third kappa shape index (κ3) is 3.36. The van der Waals surface area contributed by atoms with E-state index in [-0.39, 0.29) is 17.8 Å². The van der Waals surface area contributed by atoms with Gasteiger partial charge >= 0.3 is 6.18 Å². The van der Waals surface area contributed by atoms with Gasteiger partial charge in [0, 0.05) is 6.42 Å². The Bertz CT molecular complexity index is 394. The molecule has 0 aliphatic heterocycles. The normalized spacial score (nSPS) is 11.6. The van der Waals surface area contributed by atoms with Crippen LogP contribution >= 0.6 is 0 Å². The van der Waals surface area contributed by atoms with E-state index in [0.717, 1.165) is 6.07 Å². The van der Waals surface area contributed by atoms with Crippen molar-refractivity contribution in [3.8, 4) is 0 Å². The summed E-state index contributed by atoms with van der Waals surface area (Å²) in [6.07, 6.45) is -3.69. The molecule has 0 heterocycles. The molecule has 88 valence electrons. The maximum atomic E-state index is 12.6. The minimum absolute atomic E-state index is 0.0193. The molecule has 0 aliphatic carbocycles. The lowest BCUT2D eigenvalue weighted by Gasteiger charge is -2.11. The Morgan fingerprint density at radius 3 is 2.44 bits per heavy atom. The van der Waals surface area contributed by atoms with Gasteiger partial charge in [0.15, 0.2) is 0 Å². The van der Waals surface area contributed by atoms with Crippen molar-refractivity contribution in [2.45, 2.75) is 32.9 Å². The molecular formula is C12H13F3O. The van der Waals surface area contributed by atoms with Crippen LogP contribution in [0.25, 0.3) is 0 Å². The van der Waals surface area contributed by atoms with Crippen LogP contribution in [0.15, 0.2) is 18.2 Å². The van der Waals surface area contributed by atoms with Crippen LogP contribution in [-0.2, 0) is 17.4 Å². The van der Waals surface area contributed by atoms with E-state index in [1.165, 1.54) is 19.9 Å². The first-order valence-electron chi connectivity index (χ1n) is 4.97. The Morgan fingerprint density at radius 1 is 1.31 bits per heavy atom. The highest BCUT2D eigenvalue weighted by Gasteiger charge is 2.32. The number of hydrogen-bond donors (Lipinski definition) is 0. The molecule has 0 spiro atoms. The number of carbonyl (C=O) groups is 1. The van der Waals surface area contributed by atoms with Crippen LogP contribution in [0.5, 0.6) is 0 Å². The summed E-state index contributed by atoms with van der Waals surface area (Å²) in [6, 6.07) is 4.20. The van der Waals surface area contributed by atoms with Crippen molar-refractivity contribution in [2.75, 3.05) is 0 Å². The Kier molecular flexibility index (Phi) is 3.73. The van der Waals surface area contributed by atoms with Crippen molar-refractivity contribution in [1.29, 1.82) is 0 Å². The molecule has 1 rings (SSSR count). The summed E-state index contributed by atoms with van der Waals surface area (Å²) in [5, 5.41) is 0. The molecule has 0 bridgehead atoms. The van der Waals surface area contributed by atoms with Gasteiger partial charge in [0.25, 0.3) is 0 Å². The molecule has 1 nitrogen and oxygen atoms in total. The largest absolute Gasteiger partial charge is 0.416 e. The van der Waals surface area contributed by atoms with Gasteiger partial charge in [-0.25, -0.2) is 0 Å². The SMILES string of the molecule is CC(=O)CCc1ccc(C)c(C(F)(F)F)c1. The summed E-state index contributed by atoms with van der Waals surface area (Å²) in [4.78, 5) is 10.7. The minimum atomic E-state index is -4.32. The number of hydrogen-bond acceptors (Lipinski definition) is 1. The molecule has 0 saturated heterocycles. The van der Waals surface area contributed by atoms with E-state index < -0.39 is 11.7 Å². The molecule has 0 amide bonds. The average molecular weight is 230 g/mol. The van der Waals surface area contributed by atoms with Gasteiger partial charge in [-0.2, -0.15) is 13.2 Å². The van der Waals surface area contributed by atoms with Crippen molar-refractivity contribution in [3.63, 3.8) is 0 Å². The van der Waals surface area contributed by atoms with Crippen LogP contribution < -0.4 is 0 Å². The summed E-state index contributed by atoms with van der Waals surface area (Å²) in [5.74, 6) is -0.0193. The van der Waals surface area contributed by atoms with E-state index in [1.807, 2.05) is 0 Å². The van der Waals surface area contributed by atoms with Crippen LogP contribution in [0.2, 0.25) is 0 Å². The number of benzene rings is 1. The molecule has 0 atom stereocenters. The molecule has 0 N–H and O–H groups in total. The first kappa shape index (κ1) is 12.7. The molecule has 0 aliphatic rings. The number of aryl methyl sites for hydroxylation is 2. The molecule has 16 heavy (non-hydrogen) atoms. The lowest BCUT2D eigenvalue weighted by molar-refractivity contribution is -0.138. The average Bonchev–Trinajstić information content (AvgIpc) is 2.14. The van der Waals surface area contributed by atoms with E-state index in [2.05, 4.69) is 0 Å². The maximum Gasteiger partial charge on any atom is 0.416 e. The second-order valence-corrected chi connectivity index (χ2v) is 3.85. The molecular weight excluding hydrogens is 217 g/mol. The number of Topliss-reactive ketones (excluding diaryl/α,β-unsaturated/α-hetero) is 1. The van der Waals surface area contributed by atoms with Gasteiger partial charge < -0.3 is 4.79 Å². The maximum absolute atomic E-state index is 12.6. The highest BCUT2D eigenvalue weighted by Crippen LogP contribution is 2.32.